The number of unbranched alkanes of at least 4 members (excludes halogenated alkanes) is 1. The van der Waals surface area contributed by atoms with Crippen LogP contribution in [-0.2, 0) is 11.2 Å². The summed E-state index contributed by atoms with van der Waals surface area (Å²) in [5.41, 5.74) is 2.87. The van der Waals surface area contributed by atoms with Gasteiger partial charge in [0.2, 0.25) is 0 Å². The Morgan fingerprint density at radius 1 is 1.16 bits per heavy atom. The Hall–Kier alpha value is -3.10. The number of carboxylic acid groups (broad SMARTS) is 1. The van der Waals surface area contributed by atoms with Crippen LogP contribution in [0.15, 0.2) is 49.2 Å². The molecule has 0 unspecified atom stereocenters. The highest BCUT2D eigenvalue weighted by molar-refractivity contribution is 5.83. The third-order valence-corrected chi connectivity index (χ3v) is 7.66. The van der Waals surface area contributed by atoms with Crippen LogP contribution in [-0.4, -0.2) is 62.8 Å². The number of aryl methyl sites for hydroxylation is 1. The van der Waals surface area contributed by atoms with Crippen LogP contribution in [0.1, 0.15) is 62.2 Å². The monoisotopic (exact) mass is 506 g/mol. The molecule has 4 rings (SSSR count). The molecular formula is C29H38N4O4. The van der Waals surface area contributed by atoms with E-state index in [4.69, 9.17) is 4.74 Å². The molecule has 3 atom stereocenters. The van der Waals surface area contributed by atoms with Gasteiger partial charge in [0.15, 0.2) is 0 Å². The van der Waals surface area contributed by atoms with E-state index in [9.17, 15) is 15.0 Å². The molecular weight excluding hydrogens is 468 g/mol. The highest BCUT2D eigenvalue weighted by Gasteiger charge is 2.30. The number of piperidine rings is 1. The highest BCUT2D eigenvalue weighted by Crippen LogP contribution is 2.35. The molecule has 0 radical (unpaired) electrons. The molecule has 1 aliphatic heterocycles. The van der Waals surface area contributed by atoms with Crippen LogP contribution >= 0.6 is 0 Å². The van der Waals surface area contributed by atoms with Crippen LogP contribution in [0.4, 0.5) is 0 Å². The number of aliphatic carboxylic acids is 1. The molecule has 8 heteroatoms. The van der Waals surface area contributed by atoms with E-state index in [0.717, 1.165) is 74.0 Å². The maximum Gasteiger partial charge on any atom is 0.303 e. The van der Waals surface area contributed by atoms with Gasteiger partial charge in [-0.15, -0.1) is 0 Å². The van der Waals surface area contributed by atoms with Crippen LogP contribution in [0.2, 0.25) is 0 Å². The number of aliphatic hydroxyl groups is 1. The number of fused-ring (bicyclic) bond motifs is 1. The van der Waals surface area contributed by atoms with E-state index in [1.165, 1.54) is 5.56 Å². The van der Waals surface area contributed by atoms with Crippen molar-refractivity contribution in [1.29, 1.82) is 0 Å². The number of carbonyl (C=O) groups is 1. The van der Waals surface area contributed by atoms with Gasteiger partial charge in [0.05, 0.1) is 18.7 Å². The zero-order valence-electron chi connectivity index (χ0n) is 21.6. The number of rotatable bonds is 13. The third-order valence-electron chi connectivity index (χ3n) is 7.66. The number of nitrogens with zero attached hydrogens (tertiary/aromatic N) is 4. The van der Waals surface area contributed by atoms with E-state index in [1.54, 1.807) is 19.6 Å². The standard InChI is InChI=1S/C29H38N4O4/c1-37-24-7-8-27-26(16-24)25(11-13-32-27)28(34)9-5-22-12-15-33(19-23(22)6-10-29(35)36)14-3-2-4-21-17-30-20-31-18-21/h7-8,11,13,16-18,20,22-23,28,34H,2-6,9-10,12,14-15,19H2,1H3,(H,35,36)/t22-,23-,28-/m1/s1. The largest absolute Gasteiger partial charge is 0.497 e. The molecule has 1 aliphatic rings. The van der Waals surface area contributed by atoms with Crippen LogP contribution in [0.5, 0.6) is 5.75 Å². The van der Waals surface area contributed by atoms with Gasteiger partial charge in [-0.1, -0.05) is 0 Å². The highest BCUT2D eigenvalue weighted by atomic mass is 16.5. The number of carboxylic acids is 1. The molecule has 8 nitrogen and oxygen atoms in total. The van der Waals surface area contributed by atoms with Gasteiger partial charge in [-0.2, -0.15) is 0 Å². The summed E-state index contributed by atoms with van der Waals surface area (Å²) >= 11 is 0. The van der Waals surface area contributed by atoms with Crippen LogP contribution in [0.25, 0.3) is 10.9 Å². The molecule has 0 saturated carbocycles. The number of methoxy groups -OCH3 is 1. The predicted molar refractivity (Wildman–Crippen MR) is 142 cm³/mol. The summed E-state index contributed by atoms with van der Waals surface area (Å²) in [6.07, 6.45) is 13.0. The molecule has 0 amide bonds. The van der Waals surface area contributed by atoms with Crippen molar-refractivity contribution in [2.24, 2.45) is 11.8 Å². The van der Waals surface area contributed by atoms with Gasteiger partial charge in [-0.3, -0.25) is 9.78 Å². The van der Waals surface area contributed by atoms with Crippen LogP contribution in [0, 0.1) is 11.8 Å². The zero-order valence-corrected chi connectivity index (χ0v) is 21.6. The molecule has 0 aliphatic carbocycles. The number of ether oxygens (including phenoxy) is 1. The van der Waals surface area contributed by atoms with E-state index in [-0.39, 0.29) is 6.42 Å². The quantitative estimate of drug-likeness (QED) is 0.322. The Labute approximate surface area is 218 Å². The molecule has 198 valence electrons. The molecule has 2 aromatic heterocycles. The number of likely N-dealkylation sites (tertiary alicyclic amines) is 1. The van der Waals surface area contributed by atoms with E-state index in [1.807, 2.05) is 36.7 Å². The first-order valence-electron chi connectivity index (χ1n) is 13.3. The Kier molecular flexibility index (Phi) is 9.79. The normalized spacial score (nSPS) is 19.1. The summed E-state index contributed by atoms with van der Waals surface area (Å²) in [6, 6.07) is 7.61. The lowest BCUT2D eigenvalue weighted by molar-refractivity contribution is -0.137. The van der Waals surface area contributed by atoms with Gasteiger partial charge >= 0.3 is 5.97 Å². The first kappa shape index (κ1) is 26.9. The number of hydrogen-bond donors (Lipinski definition) is 2. The van der Waals surface area contributed by atoms with Gasteiger partial charge in [0, 0.05) is 36.9 Å². The first-order valence-corrected chi connectivity index (χ1v) is 13.3. The fourth-order valence-electron chi connectivity index (χ4n) is 5.59. The third kappa shape index (κ3) is 7.69. The Morgan fingerprint density at radius 2 is 2.00 bits per heavy atom. The number of aliphatic hydroxyl groups excluding tert-OH is 1. The molecule has 2 N–H and O–H groups in total. The number of benzene rings is 1. The Bertz CT molecular complexity index is 1140. The number of hydrogen-bond acceptors (Lipinski definition) is 7. The lowest BCUT2D eigenvalue weighted by Gasteiger charge is -2.39. The lowest BCUT2D eigenvalue weighted by atomic mass is 9.79. The van der Waals surface area contributed by atoms with Gasteiger partial charge in [-0.05, 0) is 105 Å². The van der Waals surface area contributed by atoms with Gasteiger partial charge in [0.25, 0.3) is 0 Å². The van der Waals surface area contributed by atoms with Gasteiger partial charge < -0.3 is 19.8 Å². The fourth-order valence-corrected chi connectivity index (χ4v) is 5.59. The average Bonchev–Trinajstić information content (AvgIpc) is 2.93. The molecule has 1 aromatic carbocycles. The Morgan fingerprint density at radius 3 is 2.78 bits per heavy atom. The maximum absolute atomic E-state index is 11.3. The summed E-state index contributed by atoms with van der Waals surface area (Å²) < 4.78 is 5.37. The van der Waals surface area contributed by atoms with Crippen molar-refractivity contribution in [2.45, 2.75) is 57.5 Å². The van der Waals surface area contributed by atoms with Crippen molar-refractivity contribution in [2.75, 3.05) is 26.7 Å². The minimum absolute atomic E-state index is 0.195. The summed E-state index contributed by atoms with van der Waals surface area (Å²) in [4.78, 5) is 26.4. The fraction of sp³-hybridized carbons (Fsp3) is 0.517. The summed E-state index contributed by atoms with van der Waals surface area (Å²) in [6.45, 7) is 2.98. The first-order chi connectivity index (χ1) is 18.0. The maximum atomic E-state index is 11.3. The predicted octanol–water partition coefficient (Wildman–Crippen LogP) is 4.67. The topological polar surface area (TPSA) is 109 Å². The number of pyridine rings is 1. The second-order valence-electron chi connectivity index (χ2n) is 10.1. The lowest BCUT2D eigenvalue weighted by Crippen LogP contribution is -2.41. The van der Waals surface area contributed by atoms with E-state index in [2.05, 4.69) is 19.9 Å². The SMILES string of the molecule is COc1ccc2nccc([C@H](O)CC[C@@H]3CCN(CCCCc4cncnc4)C[C@H]3CCC(=O)O)c2c1. The van der Waals surface area contributed by atoms with Crippen LogP contribution < -0.4 is 4.74 Å². The van der Waals surface area contributed by atoms with Crippen molar-refractivity contribution in [1.82, 2.24) is 19.9 Å². The molecule has 3 aromatic rings. The summed E-state index contributed by atoms with van der Waals surface area (Å²) in [5.74, 6) is 0.744. The van der Waals surface area contributed by atoms with E-state index in [0.29, 0.717) is 24.7 Å². The molecule has 37 heavy (non-hydrogen) atoms. The van der Waals surface area contributed by atoms with Crippen molar-refractivity contribution >= 4 is 16.9 Å². The minimum Gasteiger partial charge on any atom is -0.497 e. The zero-order chi connectivity index (χ0) is 26.0. The van der Waals surface area contributed by atoms with E-state index >= 15 is 0 Å². The van der Waals surface area contributed by atoms with Crippen molar-refractivity contribution < 1.29 is 19.7 Å². The van der Waals surface area contributed by atoms with Gasteiger partial charge in [-0.25, -0.2) is 9.97 Å². The molecule has 1 saturated heterocycles. The average molecular weight is 507 g/mol. The molecule has 3 heterocycles. The van der Waals surface area contributed by atoms with Crippen LogP contribution in [0.3, 0.4) is 0 Å². The van der Waals surface area contributed by atoms with Crippen molar-refractivity contribution in [3.05, 3.63) is 60.3 Å². The minimum atomic E-state index is -0.738. The van der Waals surface area contributed by atoms with Crippen molar-refractivity contribution in [3.63, 3.8) is 0 Å². The smallest absolute Gasteiger partial charge is 0.303 e. The number of aromatic nitrogens is 3. The summed E-state index contributed by atoms with van der Waals surface area (Å²) in [7, 11) is 1.63. The molecule has 0 spiro atoms. The molecule has 1 fully saturated rings. The van der Waals surface area contributed by atoms with E-state index < -0.39 is 12.1 Å². The van der Waals surface area contributed by atoms with Gasteiger partial charge in [0.1, 0.15) is 12.1 Å². The second kappa shape index (κ2) is 13.4. The summed E-state index contributed by atoms with van der Waals surface area (Å²) in [5, 5.41) is 21.3. The Balaban J connectivity index is 1.32. The van der Waals surface area contributed by atoms with Crippen molar-refractivity contribution in [3.8, 4) is 5.75 Å². The second-order valence-corrected chi connectivity index (χ2v) is 10.1. The molecule has 0 bridgehead atoms.